The lowest BCUT2D eigenvalue weighted by Gasteiger charge is -2.35. The molecule has 1 saturated carbocycles. The van der Waals surface area contributed by atoms with Crippen LogP contribution in [0.3, 0.4) is 0 Å². The molecule has 0 radical (unpaired) electrons. The Morgan fingerprint density at radius 1 is 1.27 bits per heavy atom. The van der Waals surface area contributed by atoms with E-state index in [-0.39, 0.29) is 0 Å². The third-order valence-corrected chi connectivity index (χ3v) is 4.52. The van der Waals surface area contributed by atoms with Gasteiger partial charge in [-0.1, -0.05) is 13.8 Å². The number of likely N-dealkylation sites (tertiary alicyclic amines) is 1. The molecule has 0 N–H and O–H groups in total. The molecule has 2 rings (SSSR count). The van der Waals surface area contributed by atoms with Gasteiger partial charge >= 0.3 is 0 Å². The van der Waals surface area contributed by atoms with Gasteiger partial charge in [-0.25, -0.2) is 0 Å². The molecule has 2 nitrogen and oxygen atoms in total. The number of rotatable bonds is 4. The lowest BCUT2D eigenvalue weighted by atomic mass is 9.91. The molecule has 15 heavy (non-hydrogen) atoms. The van der Waals surface area contributed by atoms with Gasteiger partial charge in [-0.05, 0) is 37.0 Å². The smallest absolute Gasteiger partial charge is 0.0595 e. The lowest BCUT2D eigenvalue weighted by molar-refractivity contribution is 0.0320. The molecule has 1 aliphatic carbocycles. The van der Waals surface area contributed by atoms with E-state index >= 15 is 0 Å². The van der Waals surface area contributed by atoms with Crippen LogP contribution < -0.4 is 0 Å². The summed E-state index contributed by atoms with van der Waals surface area (Å²) in [5.74, 6) is 0.859. The predicted molar refractivity (Wildman–Crippen MR) is 63.0 cm³/mol. The molecule has 1 aliphatic heterocycles. The lowest BCUT2D eigenvalue weighted by Crippen LogP contribution is -2.40. The quantitative estimate of drug-likeness (QED) is 0.708. The summed E-state index contributed by atoms with van der Waals surface area (Å²) in [6.45, 7) is 8.59. The molecule has 0 spiro atoms. The summed E-state index contributed by atoms with van der Waals surface area (Å²) in [6.07, 6.45) is 5.88. The van der Waals surface area contributed by atoms with Crippen LogP contribution in [0.4, 0.5) is 0 Å². The summed E-state index contributed by atoms with van der Waals surface area (Å²) in [5.41, 5.74) is 0.680. The summed E-state index contributed by atoms with van der Waals surface area (Å²) < 4.78 is 5.41. The zero-order chi connectivity index (χ0) is 10.9. The van der Waals surface area contributed by atoms with Crippen molar-refractivity contribution in [1.29, 1.82) is 0 Å². The molecule has 0 aromatic carbocycles. The Balaban J connectivity index is 1.77. The molecule has 2 fully saturated rings. The summed E-state index contributed by atoms with van der Waals surface area (Å²) in [7, 11) is 1.84. The molecule has 2 heteroatoms. The Morgan fingerprint density at radius 2 is 1.87 bits per heavy atom. The van der Waals surface area contributed by atoms with E-state index in [0.29, 0.717) is 11.5 Å². The van der Waals surface area contributed by atoms with Gasteiger partial charge in [0.2, 0.25) is 0 Å². The Kier molecular flexibility index (Phi) is 3.36. The van der Waals surface area contributed by atoms with Gasteiger partial charge in [-0.2, -0.15) is 0 Å². The average molecular weight is 211 g/mol. The molecule has 0 aromatic rings. The van der Waals surface area contributed by atoms with Crippen LogP contribution in [0.5, 0.6) is 0 Å². The van der Waals surface area contributed by atoms with E-state index in [0.717, 1.165) is 5.92 Å². The Morgan fingerprint density at radius 3 is 2.27 bits per heavy atom. The highest BCUT2D eigenvalue weighted by molar-refractivity contribution is 4.98. The molecule has 2 aliphatic rings. The normalized spacial score (nSPS) is 27.2. The Labute approximate surface area is 94.0 Å². The average Bonchev–Trinajstić information content (AvgIpc) is 3.00. The largest absolute Gasteiger partial charge is 0.381 e. The molecule has 1 saturated heterocycles. The fraction of sp³-hybridized carbons (Fsp3) is 1.00. The van der Waals surface area contributed by atoms with Gasteiger partial charge in [-0.15, -0.1) is 0 Å². The van der Waals surface area contributed by atoms with E-state index < -0.39 is 0 Å². The van der Waals surface area contributed by atoms with Crippen LogP contribution in [0.1, 0.15) is 39.5 Å². The van der Waals surface area contributed by atoms with E-state index in [9.17, 15) is 0 Å². The van der Waals surface area contributed by atoms with Gasteiger partial charge in [-0.3, -0.25) is 0 Å². The van der Waals surface area contributed by atoms with Crippen molar-refractivity contribution >= 4 is 0 Å². The number of ether oxygens (including phenoxy) is 1. The van der Waals surface area contributed by atoms with E-state index in [1.54, 1.807) is 0 Å². The number of hydrogen-bond donors (Lipinski definition) is 0. The Bertz CT molecular complexity index is 203. The molecule has 0 unspecified atom stereocenters. The van der Waals surface area contributed by atoms with Crippen LogP contribution in [0.2, 0.25) is 0 Å². The minimum atomic E-state index is 0.524. The maximum atomic E-state index is 5.41. The van der Waals surface area contributed by atoms with Gasteiger partial charge in [0.05, 0.1) is 6.10 Å². The SMILES string of the molecule is COC1CCN(CC2(C(C)C)CC2)CC1. The third-order valence-electron chi connectivity index (χ3n) is 4.52. The van der Waals surface area contributed by atoms with Crippen LogP contribution in [0.15, 0.2) is 0 Å². The number of hydrogen-bond acceptors (Lipinski definition) is 2. The maximum Gasteiger partial charge on any atom is 0.0595 e. The first-order valence-corrected chi connectivity index (χ1v) is 6.41. The molecular weight excluding hydrogens is 186 g/mol. The van der Waals surface area contributed by atoms with Crippen molar-refractivity contribution in [3.05, 3.63) is 0 Å². The van der Waals surface area contributed by atoms with Gasteiger partial charge in [0.25, 0.3) is 0 Å². The van der Waals surface area contributed by atoms with E-state index in [4.69, 9.17) is 4.74 Å². The van der Waals surface area contributed by atoms with Gasteiger partial charge < -0.3 is 9.64 Å². The molecule has 1 heterocycles. The minimum Gasteiger partial charge on any atom is -0.381 e. The summed E-state index contributed by atoms with van der Waals surface area (Å²) in [4.78, 5) is 2.66. The molecule has 0 atom stereocenters. The van der Waals surface area contributed by atoms with Crippen LogP contribution in [0, 0.1) is 11.3 Å². The fourth-order valence-electron chi connectivity index (χ4n) is 2.83. The second kappa shape index (κ2) is 4.42. The van der Waals surface area contributed by atoms with E-state index in [1.165, 1.54) is 45.3 Å². The Hall–Kier alpha value is -0.0800. The molecule has 0 aromatic heterocycles. The van der Waals surface area contributed by atoms with Crippen molar-refractivity contribution in [2.24, 2.45) is 11.3 Å². The van der Waals surface area contributed by atoms with Crippen LogP contribution in [-0.2, 0) is 4.74 Å². The topological polar surface area (TPSA) is 12.5 Å². The van der Waals surface area contributed by atoms with Crippen molar-refractivity contribution in [2.75, 3.05) is 26.7 Å². The first-order valence-electron chi connectivity index (χ1n) is 6.41. The summed E-state index contributed by atoms with van der Waals surface area (Å²) >= 11 is 0. The summed E-state index contributed by atoms with van der Waals surface area (Å²) in [6, 6.07) is 0. The molecule has 0 amide bonds. The first kappa shape index (κ1) is 11.4. The maximum absolute atomic E-state index is 5.41. The zero-order valence-corrected chi connectivity index (χ0v) is 10.5. The second-order valence-corrected chi connectivity index (χ2v) is 5.73. The van der Waals surface area contributed by atoms with Crippen molar-refractivity contribution < 1.29 is 4.74 Å². The standard InChI is InChI=1S/C13H25NO/c1-11(2)13(6-7-13)10-14-8-4-12(15-3)5-9-14/h11-12H,4-10H2,1-3H3. The van der Waals surface area contributed by atoms with Crippen molar-refractivity contribution in [2.45, 2.75) is 45.6 Å². The third kappa shape index (κ3) is 2.54. The van der Waals surface area contributed by atoms with Gasteiger partial charge in [0.1, 0.15) is 0 Å². The van der Waals surface area contributed by atoms with Crippen LogP contribution >= 0.6 is 0 Å². The summed E-state index contributed by atoms with van der Waals surface area (Å²) in [5, 5.41) is 0. The monoisotopic (exact) mass is 211 g/mol. The van der Waals surface area contributed by atoms with Crippen LogP contribution in [-0.4, -0.2) is 37.7 Å². The highest BCUT2D eigenvalue weighted by atomic mass is 16.5. The highest BCUT2D eigenvalue weighted by Gasteiger charge is 2.46. The first-order chi connectivity index (χ1) is 7.16. The molecule has 0 bridgehead atoms. The molecule has 88 valence electrons. The highest BCUT2D eigenvalue weighted by Crippen LogP contribution is 2.52. The zero-order valence-electron chi connectivity index (χ0n) is 10.5. The predicted octanol–water partition coefficient (Wildman–Crippen LogP) is 2.53. The van der Waals surface area contributed by atoms with Crippen molar-refractivity contribution in [3.8, 4) is 0 Å². The number of piperidine rings is 1. The van der Waals surface area contributed by atoms with E-state index in [1.807, 2.05) is 7.11 Å². The van der Waals surface area contributed by atoms with Crippen molar-refractivity contribution in [1.82, 2.24) is 4.90 Å². The number of methoxy groups -OCH3 is 1. The van der Waals surface area contributed by atoms with Gasteiger partial charge in [0.15, 0.2) is 0 Å². The van der Waals surface area contributed by atoms with Crippen LogP contribution in [0.25, 0.3) is 0 Å². The van der Waals surface area contributed by atoms with E-state index in [2.05, 4.69) is 18.7 Å². The second-order valence-electron chi connectivity index (χ2n) is 5.73. The minimum absolute atomic E-state index is 0.524. The fourth-order valence-corrected chi connectivity index (χ4v) is 2.83. The molecular formula is C13H25NO. The van der Waals surface area contributed by atoms with Gasteiger partial charge in [0, 0.05) is 26.7 Å². The van der Waals surface area contributed by atoms with Crippen molar-refractivity contribution in [3.63, 3.8) is 0 Å². The number of nitrogens with zero attached hydrogens (tertiary/aromatic N) is 1.